The number of hydrogen-bond donors (Lipinski definition) is 1. The lowest BCUT2D eigenvalue weighted by Crippen LogP contribution is -2.44. The molecule has 3 aliphatic rings. The number of likely N-dealkylation sites (tertiary alicyclic amines) is 1. The van der Waals surface area contributed by atoms with E-state index in [1.165, 1.54) is 5.69 Å². The van der Waals surface area contributed by atoms with Gasteiger partial charge in [0.25, 0.3) is 0 Å². The van der Waals surface area contributed by atoms with Crippen LogP contribution in [0, 0.1) is 5.41 Å². The number of carbonyl (C=O) groups excluding carboxylic acids is 2. The molecule has 0 radical (unpaired) electrons. The number of pyridine rings is 1. The largest absolute Gasteiger partial charge is 0.369 e. The lowest BCUT2D eigenvalue weighted by atomic mass is 9.92. The number of amides is 2. The number of hydrogen-bond acceptors (Lipinski definition) is 7. The summed E-state index contributed by atoms with van der Waals surface area (Å²) in [7, 11) is 2.16. The second-order valence-corrected chi connectivity index (χ2v) is 15.0. The first-order chi connectivity index (χ1) is 21.1. The molecule has 11 heteroatoms. The van der Waals surface area contributed by atoms with E-state index in [1.54, 1.807) is 22.5 Å². The minimum Gasteiger partial charge on any atom is -0.369 e. The number of thioether (sulfide) groups is 1. The number of piperidine rings is 1. The predicted molar refractivity (Wildman–Crippen MR) is 178 cm³/mol. The summed E-state index contributed by atoms with van der Waals surface area (Å²) in [6.07, 6.45) is 4.15. The summed E-state index contributed by atoms with van der Waals surface area (Å²) in [5.74, 6) is 0.0835. The molecular weight excluding hydrogens is 574 g/mol. The number of aromatic nitrogens is 3. The van der Waals surface area contributed by atoms with Crippen molar-refractivity contribution in [2.45, 2.75) is 63.1 Å². The normalized spacial score (nSPS) is 22.4. The van der Waals surface area contributed by atoms with E-state index in [1.807, 2.05) is 21.9 Å². The Balaban J connectivity index is 0.00000400. The van der Waals surface area contributed by atoms with Crippen LogP contribution in [-0.4, -0.2) is 99.2 Å². The van der Waals surface area contributed by atoms with Gasteiger partial charge in [-0.2, -0.15) is 0 Å². The highest BCUT2D eigenvalue weighted by Crippen LogP contribution is 2.46. The molecule has 3 aliphatic heterocycles. The van der Waals surface area contributed by atoms with Crippen molar-refractivity contribution in [1.82, 2.24) is 29.2 Å². The smallest absolute Gasteiger partial charge is 0.327 e. The van der Waals surface area contributed by atoms with Crippen molar-refractivity contribution in [2.24, 2.45) is 5.41 Å². The first-order valence-corrected chi connectivity index (χ1v) is 16.8. The number of benzene rings is 1. The maximum atomic E-state index is 13.9. The fourth-order valence-corrected chi connectivity index (χ4v) is 8.05. The molecule has 1 N–H and O–H groups in total. The van der Waals surface area contributed by atoms with Crippen LogP contribution in [0.4, 0.5) is 5.69 Å². The average Bonchev–Trinajstić information content (AvgIpc) is 3.51. The van der Waals surface area contributed by atoms with E-state index in [0.717, 1.165) is 43.7 Å². The van der Waals surface area contributed by atoms with E-state index < -0.39 is 5.25 Å². The van der Waals surface area contributed by atoms with Gasteiger partial charge in [-0.25, -0.2) is 9.78 Å². The van der Waals surface area contributed by atoms with Gasteiger partial charge in [-0.15, -0.1) is 11.8 Å². The summed E-state index contributed by atoms with van der Waals surface area (Å²) in [6, 6.07) is 12.4. The number of imidazole rings is 1. The molecule has 238 valence electrons. The first-order valence-electron chi connectivity index (χ1n) is 15.9. The van der Waals surface area contributed by atoms with Gasteiger partial charge in [0.05, 0.1) is 10.8 Å². The van der Waals surface area contributed by atoms with Crippen LogP contribution in [0.15, 0.2) is 47.4 Å². The second kappa shape index (κ2) is 12.6. The van der Waals surface area contributed by atoms with E-state index in [2.05, 4.69) is 71.9 Å². The van der Waals surface area contributed by atoms with Gasteiger partial charge < -0.3 is 19.6 Å². The molecule has 2 aromatic heterocycles. The Morgan fingerprint density at radius 3 is 2.52 bits per heavy atom. The van der Waals surface area contributed by atoms with Crippen LogP contribution in [-0.2, 0) is 9.59 Å². The second-order valence-electron chi connectivity index (χ2n) is 13.7. The van der Waals surface area contributed by atoms with Gasteiger partial charge in [0.2, 0.25) is 11.8 Å². The Labute approximate surface area is 265 Å². The Morgan fingerprint density at radius 2 is 1.80 bits per heavy atom. The Bertz CT molecular complexity index is 1550. The van der Waals surface area contributed by atoms with Crippen molar-refractivity contribution >= 4 is 40.4 Å². The maximum absolute atomic E-state index is 13.9. The van der Waals surface area contributed by atoms with Crippen LogP contribution in [0.2, 0.25) is 0 Å². The van der Waals surface area contributed by atoms with Crippen molar-refractivity contribution in [3.8, 4) is 0 Å². The van der Waals surface area contributed by atoms with Crippen molar-refractivity contribution in [1.29, 1.82) is 0 Å². The third-order valence-electron chi connectivity index (χ3n) is 9.29. The van der Waals surface area contributed by atoms with Crippen molar-refractivity contribution in [3.63, 3.8) is 0 Å². The van der Waals surface area contributed by atoms with Gasteiger partial charge in [0.15, 0.2) is 5.65 Å². The molecule has 3 aromatic rings. The zero-order chi connectivity index (χ0) is 31.0. The lowest BCUT2D eigenvalue weighted by Gasteiger charge is -2.34. The molecule has 44 heavy (non-hydrogen) atoms. The number of carbonyl (C=O) groups is 2. The molecule has 10 nitrogen and oxygen atoms in total. The fraction of sp³-hybridized carbons (Fsp3) is 0.576. The topological polar surface area (TPSA) is 97.8 Å². The van der Waals surface area contributed by atoms with Crippen molar-refractivity contribution in [2.75, 3.05) is 57.8 Å². The zero-order valence-electron chi connectivity index (χ0n) is 26.4. The number of nitrogens with zero attached hydrogens (tertiary/aromatic N) is 6. The number of anilines is 1. The van der Waals surface area contributed by atoms with Crippen LogP contribution < -0.4 is 10.6 Å². The standard InChI is InChI=1S/C33H45N7O3S.H2/c1-33(2,3)12-16-39-30(42)27(44-31(39)23-7-5-8-25(21-23)37-19-17-36(4)18-20-37)22-28(41)38-14-10-24(11-15-38)40-26-9-6-13-34-29(26)35-32(40)43;/h5-9,13,21,24,27,31H,10-12,14-20,22H2,1-4H3,(H,34,35,43);1H. The molecule has 2 amide bonds. The van der Waals surface area contributed by atoms with E-state index in [9.17, 15) is 14.4 Å². The number of likely N-dealkylation sites (N-methyl/N-ethyl adjacent to an activating group) is 1. The zero-order valence-corrected chi connectivity index (χ0v) is 27.2. The molecule has 5 heterocycles. The highest BCUT2D eigenvalue weighted by molar-refractivity contribution is 8.01. The molecule has 0 aliphatic carbocycles. The Morgan fingerprint density at radius 1 is 1.05 bits per heavy atom. The summed E-state index contributed by atoms with van der Waals surface area (Å²) >= 11 is 1.63. The molecule has 0 bridgehead atoms. The lowest BCUT2D eigenvalue weighted by molar-refractivity contribution is -0.136. The predicted octanol–water partition coefficient (Wildman–Crippen LogP) is 4.36. The van der Waals surface area contributed by atoms with E-state index in [0.29, 0.717) is 38.1 Å². The minimum absolute atomic E-state index is 0. The molecule has 6 rings (SSSR count). The van der Waals surface area contributed by atoms with Gasteiger partial charge in [-0.3, -0.25) is 19.1 Å². The van der Waals surface area contributed by atoms with Gasteiger partial charge >= 0.3 is 5.69 Å². The van der Waals surface area contributed by atoms with Crippen LogP contribution in [0.3, 0.4) is 0 Å². The first kappa shape index (κ1) is 30.7. The molecular formula is C33H47N7O3S. The van der Waals surface area contributed by atoms with Crippen molar-refractivity contribution in [3.05, 3.63) is 58.6 Å². The third-order valence-corrected chi connectivity index (χ3v) is 10.8. The van der Waals surface area contributed by atoms with E-state index >= 15 is 0 Å². The van der Waals surface area contributed by atoms with Gasteiger partial charge in [-0.05, 0) is 61.6 Å². The highest BCUT2D eigenvalue weighted by Gasteiger charge is 2.43. The molecule has 3 fully saturated rings. The maximum Gasteiger partial charge on any atom is 0.327 e. The molecule has 2 atom stereocenters. The number of fused-ring (bicyclic) bond motifs is 1. The molecule has 2 unspecified atom stereocenters. The number of aromatic amines is 1. The van der Waals surface area contributed by atoms with Crippen LogP contribution in [0.25, 0.3) is 11.2 Å². The van der Waals surface area contributed by atoms with E-state index in [4.69, 9.17) is 0 Å². The summed E-state index contributed by atoms with van der Waals surface area (Å²) < 4.78 is 1.79. The Kier molecular flexibility index (Phi) is 8.79. The summed E-state index contributed by atoms with van der Waals surface area (Å²) in [5, 5.41) is -0.511. The molecule has 0 saturated carbocycles. The van der Waals surface area contributed by atoms with Gasteiger partial charge in [0.1, 0.15) is 5.37 Å². The number of piperazine rings is 1. The van der Waals surface area contributed by atoms with Gasteiger partial charge in [-0.1, -0.05) is 32.9 Å². The highest BCUT2D eigenvalue weighted by atomic mass is 32.2. The minimum atomic E-state index is -0.403. The number of rotatable bonds is 7. The third kappa shape index (κ3) is 6.54. The Hall–Kier alpha value is -3.31. The van der Waals surface area contributed by atoms with Crippen LogP contribution in [0.1, 0.15) is 64.9 Å². The van der Waals surface area contributed by atoms with Crippen LogP contribution >= 0.6 is 11.8 Å². The molecule has 1 aromatic carbocycles. The quantitative estimate of drug-likeness (QED) is 0.419. The van der Waals surface area contributed by atoms with Gasteiger partial charge in [0, 0.05) is 71.6 Å². The summed E-state index contributed by atoms with van der Waals surface area (Å²) in [4.78, 5) is 55.9. The summed E-state index contributed by atoms with van der Waals surface area (Å²) in [6.45, 7) is 12.5. The number of H-pyrrole nitrogens is 1. The molecule has 3 saturated heterocycles. The van der Waals surface area contributed by atoms with Crippen LogP contribution in [0.5, 0.6) is 0 Å². The summed E-state index contributed by atoms with van der Waals surface area (Å²) in [5.41, 5.74) is 3.66. The fourth-order valence-electron chi connectivity index (χ4n) is 6.59. The van der Waals surface area contributed by atoms with E-state index in [-0.39, 0.29) is 42.2 Å². The SMILES string of the molecule is CN1CCN(c2cccc(C3SC(CC(=O)N4CCC(n5c(=O)[nH]c6ncccc65)CC4)C(=O)N3CCC(C)(C)C)c2)CC1.[HH]. The monoisotopic (exact) mass is 621 g/mol. The average molecular weight is 622 g/mol. The van der Waals surface area contributed by atoms with Crippen molar-refractivity contribution < 1.29 is 11.0 Å². The number of nitrogens with one attached hydrogen (secondary N) is 1. The molecule has 0 spiro atoms.